The molecule has 0 saturated heterocycles. The van der Waals surface area contributed by atoms with Gasteiger partial charge in [-0.25, -0.2) is 9.97 Å². The van der Waals surface area contributed by atoms with Gasteiger partial charge in [0.05, 0.1) is 5.69 Å². The van der Waals surface area contributed by atoms with Crippen molar-refractivity contribution in [1.29, 1.82) is 0 Å². The Morgan fingerprint density at radius 1 is 1.53 bits per heavy atom. The molecule has 0 bridgehead atoms. The molecule has 15 heavy (non-hydrogen) atoms. The van der Waals surface area contributed by atoms with E-state index in [1.54, 1.807) is 17.5 Å². The van der Waals surface area contributed by atoms with Crippen LogP contribution in [-0.2, 0) is 13.6 Å². The molecule has 2 rings (SSSR count). The molecule has 0 aliphatic carbocycles. The van der Waals surface area contributed by atoms with Crippen molar-refractivity contribution in [2.75, 3.05) is 6.54 Å². The van der Waals surface area contributed by atoms with Crippen molar-refractivity contribution in [3.8, 4) is 10.8 Å². The minimum absolute atomic E-state index is 0.831. The first-order valence-corrected chi connectivity index (χ1v) is 5.82. The van der Waals surface area contributed by atoms with Gasteiger partial charge in [0.15, 0.2) is 10.8 Å². The van der Waals surface area contributed by atoms with Gasteiger partial charge in [0.25, 0.3) is 0 Å². The van der Waals surface area contributed by atoms with Gasteiger partial charge in [-0.05, 0) is 6.54 Å². The van der Waals surface area contributed by atoms with Crippen LogP contribution in [0.25, 0.3) is 10.8 Å². The summed E-state index contributed by atoms with van der Waals surface area (Å²) in [6, 6.07) is 0. The maximum Gasteiger partial charge on any atom is 0.168 e. The van der Waals surface area contributed by atoms with Crippen molar-refractivity contribution >= 4 is 11.3 Å². The van der Waals surface area contributed by atoms with E-state index >= 15 is 0 Å². The molecule has 0 fully saturated rings. The van der Waals surface area contributed by atoms with Crippen LogP contribution in [0.15, 0.2) is 17.8 Å². The van der Waals surface area contributed by atoms with Gasteiger partial charge in [0.1, 0.15) is 0 Å². The number of aryl methyl sites for hydroxylation is 1. The fourth-order valence-corrected chi connectivity index (χ4v) is 2.17. The van der Waals surface area contributed by atoms with Gasteiger partial charge in [-0.3, -0.25) is 0 Å². The first-order chi connectivity index (χ1) is 7.31. The van der Waals surface area contributed by atoms with Crippen LogP contribution in [0.4, 0.5) is 0 Å². The molecule has 0 atom stereocenters. The van der Waals surface area contributed by atoms with E-state index in [0.29, 0.717) is 0 Å². The van der Waals surface area contributed by atoms with E-state index in [2.05, 4.69) is 27.6 Å². The van der Waals surface area contributed by atoms with Gasteiger partial charge in [0, 0.05) is 31.4 Å². The van der Waals surface area contributed by atoms with Crippen LogP contribution in [0.5, 0.6) is 0 Å². The highest BCUT2D eigenvalue weighted by Crippen LogP contribution is 2.21. The maximum atomic E-state index is 4.52. The SMILES string of the molecule is CCNCc1csc(-c2nccn2C)n1. The van der Waals surface area contributed by atoms with E-state index in [9.17, 15) is 0 Å². The summed E-state index contributed by atoms with van der Waals surface area (Å²) in [4.78, 5) is 8.79. The Balaban J connectivity index is 2.17. The van der Waals surface area contributed by atoms with Crippen LogP contribution < -0.4 is 5.32 Å². The normalized spacial score (nSPS) is 10.8. The minimum Gasteiger partial charge on any atom is -0.332 e. The van der Waals surface area contributed by atoms with E-state index in [4.69, 9.17) is 0 Å². The van der Waals surface area contributed by atoms with Crippen LogP contribution in [0, 0.1) is 0 Å². The molecule has 0 unspecified atom stereocenters. The number of nitrogens with one attached hydrogen (secondary N) is 1. The van der Waals surface area contributed by atoms with Crippen molar-refractivity contribution in [2.24, 2.45) is 7.05 Å². The number of rotatable bonds is 4. The lowest BCUT2D eigenvalue weighted by atomic mass is 10.5. The highest BCUT2D eigenvalue weighted by atomic mass is 32.1. The highest BCUT2D eigenvalue weighted by molar-refractivity contribution is 7.13. The molecular formula is C10H14N4S. The van der Waals surface area contributed by atoms with E-state index in [-0.39, 0.29) is 0 Å². The van der Waals surface area contributed by atoms with Crippen LogP contribution in [0.1, 0.15) is 12.6 Å². The molecule has 1 N–H and O–H groups in total. The number of hydrogen-bond donors (Lipinski definition) is 1. The Kier molecular flexibility index (Phi) is 3.13. The number of aromatic nitrogens is 3. The zero-order chi connectivity index (χ0) is 10.7. The van der Waals surface area contributed by atoms with Crippen LogP contribution >= 0.6 is 11.3 Å². The number of thiazole rings is 1. The number of imidazole rings is 1. The zero-order valence-corrected chi connectivity index (χ0v) is 9.71. The number of hydrogen-bond acceptors (Lipinski definition) is 4. The standard InChI is InChI=1S/C10H14N4S/c1-3-11-6-8-7-15-10(13-8)9-12-4-5-14(9)2/h4-5,7,11H,3,6H2,1-2H3. The lowest BCUT2D eigenvalue weighted by Gasteiger charge is -1.97. The second-order valence-corrected chi connectivity index (χ2v) is 4.14. The Bertz CT molecular complexity index is 432. The smallest absolute Gasteiger partial charge is 0.168 e. The summed E-state index contributed by atoms with van der Waals surface area (Å²) in [5.41, 5.74) is 1.08. The molecule has 2 heterocycles. The molecule has 2 aromatic rings. The molecular weight excluding hydrogens is 208 g/mol. The van der Waals surface area contributed by atoms with Gasteiger partial charge in [-0.15, -0.1) is 11.3 Å². The molecule has 0 saturated carbocycles. The average Bonchev–Trinajstić information content (AvgIpc) is 2.83. The Morgan fingerprint density at radius 3 is 3.07 bits per heavy atom. The summed E-state index contributed by atoms with van der Waals surface area (Å²) in [7, 11) is 1.98. The predicted molar refractivity (Wildman–Crippen MR) is 61.7 cm³/mol. The summed E-state index contributed by atoms with van der Waals surface area (Å²) >= 11 is 1.64. The first-order valence-electron chi connectivity index (χ1n) is 4.94. The maximum absolute atomic E-state index is 4.52. The molecule has 5 heteroatoms. The third kappa shape index (κ3) is 2.24. The van der Waals surface area contributed by atoms with Gasteiger partial charge in [-0.1, -0.05) is 6.92 Å². The molecule has 0 radical (unpaired) electrons. The van der Waals surface area contributed by atoms with E-state index in [1.165, 1.54) is 0 Å². The predicted octanol–water partition coefficient (Wildman–Crippen LogP) is 1.65. The van der Waals surface area contributed by atoms with Crippen molar-refractivity contribution in [2.45, 2.75) is 13.5 Å². The molecule has 0 aliphatic rings. The molecule has 0 aliphatic heterocycles. The van der Waals surface area contributed by atoms with Crippen molar-refractivity contribution in [3.63, 3.8) is 0 Å². The van der Waals surface area contributed by atoms with Crippen molar-refractivity contribution < 1.29 is 0 Å². The molecule has 2 aromatic heterocycles. The van der Waals surface area contributed by atoms with Gasteiger partial charge in [-0.2, -0.15) is 0 Å². The fourth-order valence-electron chi connectivity index (χ4n) is 1.32. The monoisotopic (exact) mass is 222 g/mol. The van der Waals surface area contributed by atoms with Gasteiger partial charge >= 0.3 is 0 Å². The summed E-state index contributed by atoms with van der Waals surface area (Å²) in [5, 5.41) is 6.31. The Labute approximate surface area is 93.0 Å². The lowest BCUT2D eigenvalue weighted by Crippen LogP contribution is -2.11. The van der Waals surface area contributed by atoms with Crippen LogP contribution in [0.2, 0.25) is 0 Å². The van der Waals surface area contributed by atoms with E-state index in [1.807, 2.05) is 17.8 Å². The van der Waals surface area contributed by atoms with Crippen LogP contribution in [-0.4, -0.2) is 21.1 Å². The average molecular weight is 222 g/mol. The third-order valence-corrected chi connectivity index (χ3v) is 3.01. The van der Waals surface area contributed by atoms with E-state index < -0.39 is 0 Å². The van der Waals surface area contributed by atoms with E-state index in [0.717, 1.165) is 29.6 Å². The highest BCUT2D eigenvalue weighted by Gasteiger charge is 2.08. The molecule has 0 amide bonds. The first kappa shape index (κ1) is 10.3. The van der Waals surface area contributed by atoms with Gasteiger partial charge < -0.3 is 9.88 Å². The summed E-state index contributed by atoms with van der Waals surface area (Å²) in [6.07, 6.45) is 3.72. The molecule has 80 valence electrons. The van der Waals surface area contributed by atoms with Gasteiger partial charge in [0.2, 0.25) is 0 Å². The number of nitrogens with zero attached hydrogens (tertiary/aromatic N) is 3. The lowest BCUT2D eigenvalue weighted by molar-refractivity contribution is 0.714. The molecule has 0 spiro atoms. The molecule has 4 nitrogen and oxygen atoms in total. The summed E-state index contributed by atoms with van der Waals surface area (Å²) < 4.78 is 1.98. The molecule has 0 aromatic carbocycles. The fraction of sp³-hybridized carbons (Fsp3) is 0.400. The van der Waals surface area contributed by atoms with Crippen molar-refractivity contribution in [1.82, 2.24) is 19.9 Å². The summed E-state index contributed by atoms with van der Waals surface area (Å²) in [5.74, 6) is 0.933. The largest absolute Gasteiger partial charge is 0.332 e. The Hall–Kier alpha value is -1.20. The second-order valence-electron chi connectivity index (χ2n) is 3.29. The second kappa shape index (κ2) is 4.55. The zero-order valence-electron chi connectivity index (χ0n) is 8.90. The minimum atomic E-state index is 0.831. The summed E-state index contributed by atoms with van der Waals surface area (Å²) in [6.45, 7) is 3.89. The van der Waals surface area contributed by atoms with Crippen molar-refractivity contribution in [3.05, 3.63) is 23.5 Å². The topological polar surface area (TPSA) is 42.7 Å². The Morgan fingerprint density at radius 2 is 2.40 bits per heavy atom. The van der Waals surface area contributed by atoms with Crippen LogP contribution in [0.3, 0.4) is 0 Å². The quantitative estimate of drug-likeness (QED) is 0.855. The third-order valence-electron chi connectivity index (χ3n) is 2.12.